The number of hydrogen-bond acceptors (Lipinski definition) is 7. The van der Waals surface area contributed by atoms with Crippen LogP contribution in [0.2, 0.25) is 0 Å². The Morgan fingerprint density at radius 3 is 2.70 bits per heavy atom. The zero-order valence-electron chi connectivity index (χ0n) is 20.3. The van der Waals surface area contributed by atoms with Gasteiger partial charge in [0.1, 0.15) is 17.6 Å². The number of ketones is 1. The molecule has 1 aliphatic heterocycles. The summed E-state index contributed by atoms with van der Waals surface area (Å²) in [6, 6.07) is 15.7. The van der Waals surface area contributed by atoms with Crippen LogP contribution in [0.3, 0.4) is 0 Å². The number of ether oxygens (including phenoxy) is 1. The number of carbonyl (C=O) groups excluding carboxylic acids is 2. The number of rotatable bonds is 5. The van der Waals surface area contributed by atoms with Gasteiger partial charge in [0.15, 0.2) is 5.13 Å². The number of hydrogen-bond donors (Lipinski definition) is 1. The van der Waals surface area contributed by atoms with Crippen molar-refractivity contribution < 1.29 is 19.4 Å². The van der Waals surface area contributed by atoms with Gasteiger partial charge in [-0.2, -0.15) is 0 Å². The van der Waals surface area contributed by atoms with Crippen molar-refractivity contribution in [1.82, 2.24) is 9.97 Å². The molecule has 1 atom stereocenters. The van der Waals surface area contributed by atoms with E-state index in [-0.39, 0.29) is 11.3 Å². The molecule has 1 fully saturated rings. The lowest BCUT2D eigenvalue weighted by Gasteiger charge is -2.22. The van der Waals surface area contributed by atoms with E-state index in [1.54, 1.807) is 24.4 Å². The summed E-state index contributed by atoms with van der Waals surface area (Å²) in [7, 11) is 0. The third-order valence-electron chi connectivity index (χ3n) is 6.90. The van der Waals surface area contributed by atoms with Gasteiger partial charge in [-0.15, -0.1) is 0 Å². The molecule has 1 amide bonds. The zero-order chi connectivity index (χ0) is 25.5. The minimum Gasteiger partial charge on any atom is -0.507 e. The first-order valence-electron chi connectivity index (χ1n) is 12.4. The normalized spacial score (nSPS) is 18.8. The van der Waals surface area contributed by atoms with Crippen LogP contribution in [0.25, 0.3) is 16.0 Å². The van der Waals surface area contributed by atoms with Gasteiger partial charge in [0.25, 0.3) is 5.78 Å². The van der Waals surface area contributed by atoms with Crippen LogP contribution in [-0.4, -0.2) is 33.4 Å². The minimum absolute atomic E-state index is 0.0220. The smallest absolute Gasteiger partial charge is 0.301 e. The van der Waals surface area contributed by atoms with Gasteiger partial charge in [0.05, 0.1) is 28.1 Å². The fraction of sp³-hybridized carbons (Fsp3) is 0.241. The molecule has 1 saturated heterocycles. The fourth-order valence-electron chi connectivity index (χ4n) is 5.14. The first-order chi connectivity index (χ1) is 18.0. The Balaban J connectivity index is 1.50. The lowest BCUT2D eigenvalue weighted by atomic mass is 9.89. The van der Waals surface area contributed by atoms with Crippen LogP contribution in [0.15, 0.2) is 66.4 Å². The monoisotopic (exact) mass is 511 g/mol. The van der Waals surface area contributed by atoms with E-state index >= 15 is 0 Å². The Labute approximate surface area is 218 Å². The summed E-state index contributed by atoms with van der Waals surface area (Å²) in [5, 5.41) is 11.8. The van der Waals surface area contributed by atoms with Crippen molar-refractivity contribution in [2.75, 3.05) is 11.5 Å². The van der Waals surface area contributed by atoms with E-state index in [4.69, 9.17) is 4.74 Å². The van der Waals surface area contributed by atoms with E-state index in [9.17, 15) is 14.7 Å². The van der Waals surface area contributed by atoms with E-state index in [2.05, 4.69) is 9.97 Å². The number of Topliss-reactive ketones (excluding diaryl/α,β-unsaturated/α-hetero) is 1. The molecule has 3 heterocycles. The summed E-state index contributed by atoms with van der Waals surface area (Å²) >= 11 is 1.30. The Hall–Kier alpha value is -4.04. The fourth-order valence-corrected chi connectivity index (χ4v) is 6.16. The number of aliphatic hydroxyl groups excluding tert-OH is 1. The van der Waals surface area contributed by atoms with Crippen molar-refractivity contribution in [3.05, 3.63) is 88.8 Å². The number of benzene rings is 2. The number of aliphatic hydroxyl groups is 1. The highest BCUT2D eigenvalue weighted by atomic mass is 32.1. The SMILES string of the molecule is CCOc1ccc2nc(N3C(=O)C(=O)/C(=C(/O)c4ccc5c(c4)CCCC5)C3c3ccccn3)sc2c1. The van der Waals surface area contributed by atoms with E-state index < -0.39 is 17.7 Å². The molecule has 1 unspecified atom stereocenters. The summed E-state index contributed by atoms with van der Waals surface area (Å²) in [4.78, 5) is 37.4. The number of carbonyl (C=O) groups is 2. The number of pyridine rings is 1. The Morgan fingerprint density at radius 1 is 1.08 bits per heavy atom. The lowest BCUT2D eigenvalue weighted by molar-refractivity contribution is -0.132. The lowest BCUT2D eigenvalue weighted by Crippen LogP contribution is -2.29. The highest BCUT2D eigenvalue weighted by Gasteiger charge is 2.48. The van der Waals surface area contributed by atoms with Crippen LogP contribution in [0.1, 0.15) is 48.2 Å². The second-order valence-electron chi connectivity index (χ2n) is 9.17. The van der Waals surface area contributed by atoms with Crippen molar-refractivity contribution in [1.29, 1.82) is 0 Å². The molecule has 1 N–H and O–H groups in total. The number of aromatic nitrogens is 2. The molecular weight excluding hydrogens is 486 g/mol. The summed E-state index contributed by atoms with van der Waals surface area (Å²) in [6.45, 7) is 2.45. The highest BCUT2D eigenvalue weighted by molar-refractivity contribution is 7.22. The van der Waals surface area contributed by atoms with Gasteiger partial charge in [0, 0.05) is 11.8 Å². The molecular formula is C29H25N3O4S. The quantitative estimate of drug-likeness (QED) is 0.213. The number of nitrogens with zero attached hydrogens (tertiary/aromatic N) is 3. The Morgan fingerprint density at radius 2 is 1.92 bits per heavy atom. The number of fused-ring (bicyclic) bond motifs is 2. The Kier molecular flexibility index (Phi) is 5.96. The summed E-state index contributed by atoms with van der Waals surface area (Å²) in [5.74, 6) is -0.968. The van der Waals surface area contributed by atoms with Gasteiger partial charge in [-0.3, -0.25) is 19.5 Å². The zero-order valence-corrected chi connectivity index (χ0v) is 21.1. The molecule has 0 bridgehead atoms. The summed E-state index contributed by atoms with van der Waals surface area (Å²) in [6.07, 6.45) is 5.80. The first-order valence-corrected chi connectivity index (χ1v) is 13.2. The van der Waals surface area contributed by atoms with Crippen molar-refractivity contribution in [2.24, 2.45) is 0 Å². The summed E-state index contributed by atoms with van der Waals surface area (Å²) in [5.41, 5.74) is 4.18. The maximum atomic E-state index is 13.5. The Bertz CT molecular complexity index is 1560. The van der Waals surface area contributed by atoms with Gasteiger partial charge >= 0.3 is 5.91 Å². The molecule has 0 saturated carbocycles. The van der Waals surface area contributed by atoms with Crippen molar-refractivity contribution in [3.63, 3.8) is 0 Å². The number of amides is 1. The molecule has 0 radical (unpaired) electrons. The molecule has 6 rings (SSSR count). The largest absolute Gasteiger partial charge is 0.507 e. The molecule has 1 aliphatic carbocycles. The minimum atomic E-state index is -0.899. The molecule has 2 aromatic carbocycles. The standard InChI is InChI=1S/C29H25N3O4S/c1-2-36-20-12-13-21-23(16-20)37-29(31-21)32-25(22-9-5-6-14-30-22)24(27(34)28(32)35)26(33)19-11-10-17-7-3-4-8-18(17)15-19/h5-6,9-16,25,33H,2-4,7-8H2,1H3/b26-24+. The molecule has 0 spiro atoms. The molecule has 2 aliphatic rings. The predicted molar refractivity (Wildman–Crippen MR) is 143 cm³/mol. The van der Waals surface area contributed by atoms with E-state index in [1.807, 2.05) is 43.3 Å². The van der Waals surface area contributed by atoms with Crippen molar-refractivity contribution in [3.8, 4) is 5.75 Å². The van der Waals surface area contributed by atoms with Gasteiger partial charge in [-0.25, -0.2) is 4.98 Å². The summed E-state index contributed by atoms with van der Waals surface area (Å²) < 4.78 is 6.44. The average Bonchev–Trinajstić information content (AvgIpc) is 3.46. The van der Waals surface area contributed by atoms with Crippen LogP contribution in [-0.2, 0) is 22.4 Å². The number of anilines is 1. The third kappa shape index (κ3) is 4.07. The number of aryl methyl sites for hydroxylation is 2. The third-order valence-corrected chi connectivity index (χ3v) is 7.92. The van der Waals surface area contributed by atoms with Crippen LogP contribution in [0.4, 0.5) is 5.13 Å². The second kappa shape index (κ2) is 9.44. The molecule has 37 heavy (non-hydrogen) atoms. The van der Waals surface area contributed by atoms with E-state index in [0.29, 0.717) is 34.3 Å². The van der Waals surface area contributed by atoms with Crippen molar-refractivity contribution >= 4 is 44.1 Å². The molecule has 4 aromatic rings. The molecule has 8 heteroatoms. The second-order valence-corrected chi connectivity index (χ2v) is 10.2. The van der Waals surface area contributed by atoms with Gasteiger partial charge in [-0.05, 0) is 80.1 Å². The van der Waals surface area contributed by atoms with Gasteiger partial charge in [-0.1, -0.05) is 29.5 Å². The number of thiazole rings is 1. The van der Waals surface area contributed by atoms with E-state index in [1.165, 1.54) is 27.4 Å². The van der Waals surface area contributed by atoms with Crippen LogP contribution < -0.4 is 9.64 Å². The van der Waals surface area contributed by atoms with Gasteiger partial charge in [0.2, 0.25) is 0 Å². The maximum absolute atomic E-state index is 13.5. The first kappa shape index (κ1) is 23.4. The van der Waals surface area contributed by atoms with Crippen LogP contribution in [0, 0.1) is 0 Å². The molecule has 2 aromatic heterocycles. The van der Waals surface area contributed by atoms with Crippen molar-refractivity contribution in [2.45, 2.75) is 38.6 Å². The van der Waals surface area contributed by atoms with Gasteiger partial charge < -0.3 is 9.84 Å². The topological polar surface area (TPSA) is 92.6 Å². The average molecular weight is 512 g/mol. The maximum Gasteiger partial charge on any atom is 0.301 e. The highest BCUT2D eigenvalue weighted by Crippen LogP contribution is 2.44. The van der Waals surface area contributed by atoms with Crippen LogP contribution >= 0.6 is 11.3 Å². The van der Waals surface area contributed by atoms with Crippen LogP contribution in [0.5, 0.6) is 5.75 Å². The predicted octanol–water partition coefficient (Wildman–Crippen LogP) is 5.60. The van der Waals surface area contributed by atoms with E-state index in [0.717, 1.165) is 30.4 Å². The molecule has 7 nitrogen and oxygen atoms in total. The molecule has 186 valence electrons.